The van der Waals surface area contributed by atoms with E-state index in [1.807, 2.05) is 20.8 Å². The van der Waals surface area contributed by atoms with Gasteiger partial charge < -0.3 is 10.1 Å². The fourth-order valence-corrected chi connectivity index (χ4v) is 0.810. The van der Waals surface area contributed by atoms with Gasteiger partial charge >= 0.3 is 0 Å². The second-order valence-electron chi connectivity index (χ2n) is 3.92. The van der Waals surface area contributed by atoms with Crippen LogP contribution in [0.3, 0.4) is 0 Å². The van der Waals surface area contributed by atoms with Gasteiger partial charge in [-0.2, -0.15) is 0 Å². The van der Waals surface area contributed by atoms with Crippen LogP contribution in [-0.4, -0.2) is 12.1 Å². The van der Waals surface area contributed by atoms with Gasteiger partial charge in [-0.05, 0) is 33.8 Å². The van der Waals surface area contributed by atoms with Crippen LogP contribution in [0.2, 0.25) is 0 Å². The maximum Gasteiger partial charge on any atom is 0.179 e. The van der Waals surface area contributed by atoms with Crippen LogP contribution >= 0.6 is 0 Å². The quantitative estimate of drug-likeness (QED) is 0.507. The van der Waals surface area contributed by atoms with Crippen molar-refractivity contribution >= 4 is 0 Å². The van der Waals surface area contributed by atoms with E-state index in [1.165, 1.54) is 6.42 Å². The number of hydrogen-bond donors (Lipinski definition) is 1. The molecule has 0 aromatic heterocycles. The molecule has 0 radical (unpaired) electrons. The van der Waals surface area contributed by atoms with Crippen LogP contribution in [0.5, 0.6) is 0 Å². The summed E-state index contributed by atoms with van der Waals surface area (Å²) in [5, 5.41) is 3.12. The van der Waals surface area contributed by atoms with E-state index >= 15 is 0 Å². The minimum absolute atomic E-state index is 0.143. The van der Waals surface area contributed by atoms with E-state index in [4.69, 9.17) is 4.74 Å². The molecule has 0 heterocycles. The van der Waals surface area contributed by atoms with Gasteiger partial charge in [0.15, 0.2) is 5.88 Å². The molecule has 0 aliphatic rings. The van der Waals surface area contributed by atoms with E-state index in [1.54, 1.807) is 0 Å². The lowest BCUT2D eigenvalue weighted by Crippen LogP contribution is -2.25. The zero-order valence-corrected chi connectivity index (χ0v) is 8.74. The summed E-state index contributed by atoms with van der Waals surface area (Å²) >= 11 is 0. The topological polar surface area (TPSA) is 21.3 Å². The summed E-state index contributed by atoms with van der Waals surface area (Å²) in [6.45, 7) is 12.9. The van der Waals surface area contributed by atoms with Crippen molar-refractivity contribution in [2.75, 3.05) is 6.54 Å². The molecule has 12 heavy (non-hydrogen) atoms. The number of nitrogens with one attached hydrogen (secondary N) is 1. The lowest BCUT2D eigenvalue weighted by atomic mass is 10.2. The zero-order valence-electron chi connectivity index (χ0n) is 8.74. The number of rotatable bonds is 5. The maximum absolute atomic E-state index is 5.48. The first-order chi connectivity index (χ1) is 5.45. The number of hydrogen-bond acceptors (Lipinski definition) is 2. The second kappa shape index (κ2) is 5.07. The van der Waals surface area contributed by atoms with Crippen molar-refractivity contribution in [3.05, 3.63) is 12.5 Å². The lowest BCUT2D eigenvalue weighted by Gasteiger charge is -2.23. The largest absolute Gasteiger partial charge is 0.474 e. The first-order valence-electron chi connectivity index (χ1n) is 4.57. The van der Waals surface area contributed by atoms with Crippen molar-refractivity contribution in [1.82, 2.24) is 5.32 Å². The molecule has 0 spiro atoms. The fourth-order valence-electron chi connectivity index (χ4n) is 0.810. The molecular formula is C10H21NO. The van der Waals surface area contributed by atoms with Crippen molar-refractivity contribution in [2.45, 2.75) is 46.1 Å². The van der Waals surface area contributed by atoms with Gasteiger partial charge in [0.05, 0.1) is 0 Å². The number of ether oxygens (including phenoxy) is 1. The van der Waals surface area contributed by atoms with Crippen molar-refractivity contribution in [3.8, 4) is 0 Å². The molecule has 1 N–H and O–H groups in total. The first-order valence-corrected chi connectivity index (χ1v) is 4.57. The highest BCUT2D eigenvalue weighted by Gasteiger charge is 2.11. The van der Waals surface area contributed by atoms with Gasteiger partial charge in [0.2, 0.25) is 0 Å². The Bertz CT molecular complexity index is 135. The van der Waals surface area contributed by atoms with Gasteiger partial charge in [-0.1, -0.05) is 13.3 Å². The molecule has 0 fully saturated rings. The summed E-state index contributed by atoms with van der Waals surface area (Å²) in [6, 6.07) is 0. The molecule has 0 aromatic rings. The van der Waals surface area contributed by atoms with Crippen LogP contribution in [0, 0.1) is 0 Å². The Labute approximate surface area is 76.0 Å². The summed E-state index contributed by atoms with van der Waals surface area (Å²) in [5.74, 6) is 0.677. The van der Waals surface area contributed by atoms with Gasteiger partial charge in [0.25, 0.3) is 0 Å². The first kappa shape index (κ1) is 11.3. The van der Waals surface area contributed by atoms with Crippen molar-refractivity contribution in [2.24, 2.45) is 0 Å². The summed E-state index contributed by atoms with van der Waals surface area (Å²) in [4.78, 5) is 0. The molecule has 0 bridgehead atoms. The van der Waals surface area contributed by atoms with E-state index in [9.17, 15) is 0 Å². The molecule has 0 aromatic carbocycles. The maximum atomic E-state index is 5.48. The van der Waals surface area contributed by atoms with Gasteiger partial charge in [-0.15, -0.1) is 0 Å². The van der Waals surface area contributed by atoms with Gasteiger partial charge in [0, 0.05) is 6.54 Å². The molecule has 0 amide bonds. The minimum Gasteiger partial charge on any atom is -0.474 e. The Hall–Kier alpha value is -0.660. The smallest absolute Gasteiger partial charge is 0.179 e. The Morgan fingerprint density at radius 1 is 1.42 bits per heavy atom. The van der Waals surface area contributed by atoms with Crippen LogP contribution < -0.4 is 5.32 Å². The number of unbranched alkanes of at least 4 members (excludes halogenated alkanes) is 1. The van der Waals surface area contributed by atoms with E-state index in [0.29, 0.717) is 5.88 Å². The zero-order chi connectivity index (χ0) is 9.61. The summed E-state index contributed by atoms with van der Waals surface area (Å²) in [7, 11) is 0. The molecule has 0 aliphatic carbocycles. The van der Waals surface area contributed by atoms with E-state index in [-0.39, 0.29) is 5.60 Å². The van der Waals surface area contributed by atoms with Crippen LogP contribution in [0.15, 0.2) is 12.5 Å². The van der Waals surface area contributed by atoms with Crippen LogP contribution in [0.25, 0.3) is 0 Å². The molecule has 0 saturated heterocycles. The molecule has 0 aliphatic heterocycles. The van der Waals surface area contributed by atoms with Gasteiger partial charge in [0.1, 0.15) is 5.60 Å². The van der Waals surface area contributed by atoms with Crippen LogP contribution in [-0.2, 0) is 4.74 Å². The van der Waals surface area contributed by atoms with Gasteiger partial charge in [-0.25, -0.2) is 0 Å². The predicted octanol–water partition coefficient (Wildman–Crippen LogP) is 2.66. The van der Waals surface area contributed by atoms with E-state index < -0.39 is 0 Å². The third-order valence-electron chi connectivity index (χ3n) is 1.28. The molecule has 2 nitrogen and oxygen atoms in total. The third-order valence-corrected chi connectivity index (χ3v) is 1.28. The highest BCUT2D eigenvalue weighted by Crippen LogP contribution is 2.09. The molecular weight excluding hydrogens is 150 g/mol. The second-order valence-corrected chi connectivity index (χ2v) is 3.92. The van der Waals surface area contributed by atoms with Crippen LogP contribution in [0.4, 0.5) is 0 Å². The minimum atomic E-state index is -0.143. The predicted molar refractivity (Wildman–Crippen MR) is 52.9 cm³/mol. The molecule has 0 saturated carbocycles. The highest BCUT2D eigenvalue weighted by atomic mass is 16.5. The Morgan fingerprint density at radius 3 is 2.42 bits per heavy atom. The summed E-state index contributed by atoms with van der Waals surface area (Å²) in [5.41, 5.74) is -0.143. The van der Waals surface area contributed by atoms with Crippen molar-refractivity contribution < 1.29 is 4.74 Å². The lowest BCUT2D eigenvalue weighted by molar-refractivity contribution is 0.0415. The van der Waals surface area contributed by atoms with Crippen molar-refractivity contribution in [3.63, 3.8) is 0 Å². The summed E-state index contributed by atoms with van der Waals surface area (Å²) < 4.78 is 5.48. The van der Waals surface area contributed by atoms with Crippen molar-refractivity contribution in [1.29, 1.82) is 0 Å². The average Bonchev–Trinajstić information content (AvgIpc) is 1.84. The molecule has 0 rings (SSSR count). The summed E-state index contributed by atoms with van der Waals surface area (Å²) in [6.07, 6.45) is 2.35. The monoisotopic (exact) mass is 171 g/mol. The molecule has 0 atom stereocenters. The molecule has 0 unspecified atom stereocenters. The average molecular weight is 171 g/mol. The van der Waals surface area contributed by atoms with Crippen LogP contribution in [0.1, 0.15) is 40.5 Å². The molecule has 72 valence electrons. The Morgan fingerprint density at radius 2 is 2.00 bits per heavy atom. The van der Waals surface area contributed by atoms with Gasteiger partial charge in [-0.3, -0.25) is 0 Å². The fraction of sp³-hybridized carbons (Fsp3) is 0.800. The Balaban J connectivity index is 3.47. The van der Waals surface area contributed by atoms with E-state index in [0.717, 1.165) is 13.0 Å². The third kappa shape index (κ3) is 7.45. The standard InChI is InChI=1S/C10H21NO/c1-6-7-8-11-9(2)12-10(3,4)5/h11H,2,6-8H2,1,3-5H3. The van der Waals surface area contributed by atoms with E-state index in [2.05, 4.69) is 18.8 Å². The SMILES string of the molecule is C=C(NCCCC)OC(C)(C)C. The Kier molecular flexibility index (Phi) is 4.79. The highest BCUT2D eigenvalue weighted by molar-refractivity contribution is 4.82. The molecule has 2 heteroatoms. The normalized spacial score (nSPS) is 11.0.